The lowest BCUT2D eigenvalue weighted by Crippen LogP contribution is -2.01. The van der Waals surface area contributed by atoms with Crippen molar-refractivity contribution in [2.24, 2.45) is 5.92 Å². The zero-order valence-corrected chi connectivity index (χ0v) is 11.1. The van der Waals surface area contributed by atoms with E-state index >= 15 is 0 Å². The molecule has 0 saturated heterocycles. The van der Waals surface area contributed by atoms with Crippen molar-refractivity contribution >= 4 is 10.1 Å². The first-order chi connectivity index (χ1) is 7.84. The number of benzene rings is 1. The largest absolute Gasteiger partial charge is 0.496 e. The maximum Gasteiger partial charge on any atom is 0.294 e. The van der Waals surface area contributed by atoms with Crippen LogP contribution in [0.3, 0.4) is 0 Å². The summed E-state index contributed by atoms with van der Waals surface area (Å²) in [6.45, 7) is 4.25. The van der Waals surface area contributed by atoms with E-state index in [0.29, 0.717) is 11.7 Å². The Morgan fingerprint density at radius 3 is 2.47 bits per heavy atom. The van der Waals surface area contributed by atoms with Crippen LogP contribution in [0.4, 0.5) is 0 Å². The van der Waals surface area contributed by atoms with E-state index in [4.69, 9.17) is 9.29 Å². The minimum atomic E-state index is -4.16. The first-order valence-corrected chi connectivity index (χ1v) is 6.93. The van der Waals surface area contributed by atoms with E-state index in [2.05, 4.69) is 13.8 Å². The molecule has 96 valence electrons. The zero-order chi connectivity index (χ0) is 13.1. The average molecular weight is 258 g/mol. The third kappa shape index (κ3) is 4.02. The van der Waals surface area contributed by atoms with Crippen LogP contribution in [0.5, 0.6) is 5.75 Å². The fourth-order valence-electron chi connectivity index (χ4n) is 1.54. The van der Waals surface area contributed by atoms with Crippen molar-refractivity contribution in [1.29, 1.82) is 0 Å². The Kier molecular flexibility index (Phi) is 4.54. The second-order valence-corrected chi connectivity index (χ2v) is 5.80. The Bertz CT molecular complexity index is 477. The molecular weight excluding hydrogens is 240 g/mol. The molecule has 0 aliphatic heterocycles. The zero-order valence-electron chi connectivity index (χ0n) is 10.3. The highest BCUT2D eigenvalue weighted by atomic mass is 32.2. The molecule has 0 aliphatic carbocycles. The van der Waals surface area contributed by atoms with Gasteiger partial charge < -0.3 is 4.74 Å². The monoisotopic (exact) mass is 258 g/mol. The molecule has 0 atom stereocenters. The molecule has 0 spiro atoms. The van der Waals surface area contributed by atoms with Gasteiger partial charge in [-0.05, 0) is 30.4 Å². The van der Waals surface area contributed by atoms with Gasteiger partial charge in [0.05, 0.1) is 12.0 Å². The van der Waals surface area contributed by atoms with Gasteiger partial charge in [-0.15, -0.1) is 0 Å². The van der Waals surface area contributed by atoms with Gasteiger partial charge in [0.15, 0.2) is 0 Å². The number of rotatable bonds is 5. The Balaban J connectivity index is 3.02. The first kappa shape index (κ1) is 14.0. The van der Waals surface area contributed by atoms with Gasteiger partial charge in [0, 0.05) is 6.07 Å². The smallest absolute Gasteiger partial charge is 0.294 e. The average Bonchev–Trinajstić information content (AvgIpc) is 2.24. The molecule has 0 aromatic heterocycles. The summed E-state index contributed by atoms with van der Waals surface area (Å²) in [6, 6.07) is 4.43. The number of methoxy groups -OCH3 is 1. The van der Waals surface area contributed by atoms with Crippen molar-refractivity contribution < 1.29 is 17.7 Å². The van der Waals surface area contributed by atoms with Gasteiger partial charge in [-0.1, -0.05) is 19.9 Å². The molecule has 5 heteroatoms. The van der Waals surface area contributed by atoms with Crippen LogP contribution in [0.1, 0.15) is 25.8 Å². The van der Waals surface area contributed by atoms with Crippen molar-refractivity contribution in [1.82, 2.24) is 0 Å². The van der Waals surface area contributed by atoms with Crippen molar-refractivity contribution in [2.75, 3.05) is 7.11 Å². The van der Waals surface area contributed by atoms with Gasteiger partial charge in [0.25, 0.3) is 10.1 Å². The third-order valence-corrected chi connectivity index (χ3v) is 3.40. The second kappa shape index (κ2) is 5.51. The summed E-state index contributed by atoms with van der Waals surface area (Å²) in [6.07, 6.45) is 1.83. The highest BCUT2D eigenvalue weighted by Gasteiger charge is 2.13. The second-order valence-electron chi connectivity index (χ2n) is 4.38. The van der Waals surface area contributed by atoms with Crippen molar-refractivity contribution in [2.45, 2.75) is 31.6 Å². The van der Waals surface area contributed by atoms with Crippen LogP contribution in [0.15, 0.2) is 23.1 Å². The van der Waals surface area contributed by atoms with E-state index < -0.39 is 10.1 Å². The van der Waals surface area contributed by atoms with E-state index in [-0.39, 0.29) is 4.90 Å². The normalized spacial score (nSPS) is 11.8. The van der Waals surface area contributed by atoms with Gasteiger partial charge in [-0.3, -0.25) is 4.55 Å². The van der Waals surface area contributed by atoms with Crippen molar-refractivity contribution in [3.63, 3.8) is 0 Å². The molecule has 4 nitrogen and oxygen atoms in total. The van der Waals surface area contributed by atoms with Gasteiger partial charge >= 0.3 is 0 Å². The summed E-state index contributed by atoms with van der Waals surface area (Å²) in [5.41, 5.74) is 0.952. The van der Waals surface area contributed by atoms with Crippen LogP contribution in [-0.4, -0.2) is 20.1 Å². The summed E-state index contributed by atoms with van der Waals surface area (Å²) in [5, 5.41) is 0. The lowest BCUT2D eigenvalue weighted by molar-refractivity contribution is 0.405. The fraction of sp³-hybridized carbons (Fsp3) is 0.500. The number of aryl methyl sites for hydroxylation is 1. The van der Waals surface area contributed by atoms with Crippen LogP contribution < -0.4 is 4.74 Å². The molecule has 0 heterocycles. The number of ether oxygens (including phenoxy) is 1. The minimum absolute atomic E-state index is 0.136. The molecule has 1 aromatic rings. The van der Waals surface area contributed by atoms with Crippen molar-refractivity contribution in [3.05, 3.63) is 23.8 Å². The molecule has 1 N–H and O–H groups in total. The van der Waals surface area contributed by atoms with Crippen LogP contribution in [0, 0.1) is 5.92 Å². The maximum absolute atomic E-state index is 11.0. The minimum Gasteiger partial charge on any atom is -0.496 e. The topological polar surface area (TPSA) is 63.6 Å². The lowest BCUT2D eigenvalue weighted by atomic mass is 10.0. The molecule has 0 bridgehead atoms. The highest BCUT2D eigenvalue weighted by Crippen LogP contribution is 2.24. The summed E-state index contributed by atoms with van der Waals surface area (Å²) >= 11 is 0. The molecule has 0 saturated carbocycles. The van der Waals surface area contributed by atoms with Crippen molar-refractivity contribution in [3.8, 4) is 5.75 Å². The van der Waals surface area contributed by atoms with Crippen LogP contribution >= 0.6 is 0 Å². The SMILES string of the molecule is COc1cc(S(=O)(=O)O)ccc1CCC(C)C. The molecule has 1 rings (SSSR count). The quantitative estimate of drug-likeness (QED) is 0.824. The molecule has 1 aromatic carbocycles. The molecule has 0 fully saturated rings. The van der Waals surface area contributed by atoms with Crippen LogP contribution in [0.25, 0.3) is 0 Å². The van der Waals surface area contributed by atoms with Crippen LogP contribution in [0.2, 0.25) is 0 Å². The predicted octanol–water partition coefficient (Wildman–Crippen LogP) is 2.53. The summed E-state index contributed by atoms with van der Waals surface area (Å²) < 4.78 is 36.0. The maximum atomic E-state index is 11.0. The Hall–Kier alpha value is -1.07. The Labute approximate surface area is 102 Å². The molecule has 0 amide bonds. The Morgan fingerprint density at radius 1 is 1.35 bits per heavy atom. The van der Waals surface area contributed by atoms with E-state index in [1.165, 1.54) is 19.2 Å². The predicted molar refractivity (Wildman–Crippen MR) is 66.0 cm³/mol. The van der Waals surface area contributed by atoms with Gasteiger partial charge in [-0.25, -0.2) is 0 Å². The molecule has 0 unspecified atom stereocenters. The van der Waals surface area contributed by atoms with Gasteiger partial charge in [-0.2, -0.15) is 8.42 Å². The van der Waals surface area contributed by atoms with E-state index in [1.54, 1.807) is 6.07 Å². The number of hydrogen-bond acceptors (Lipinski definition) is 3. The molecule has 0 aliphatic rings. The molecule has 0 radical (unpaired) electrons. The Morgan fingerprint density at radius 2 is 2.00 bits per heavy atom. The van der Waals surface area contributed by atoms with E-state index in [9.17, 15) is 8.42 Å². The summed E-state index contributed by atoms with van der Waals surface area (Å²) in [4.78, 5) is -0.136. The standard InChI is InChI=1S/C12H18O4S/c1-9(2)4-5-10-6-7-11(17(13,14)15)8-12(10)16-3/h6-9H,4-5H2,1-3H3,(H,13,14,15). The number of hydrogen-bond donors (Lipinski definition) is 1. The highest BCUT2D eigenvalue weighted by molar-refractivity contribution is 7.85. The third-order valence-electron chi connectivity index (χ3n) is 2.55. The van der Waals surface area contributed by atoms with E-state index in [1.807, 2.05) is 0 Å². The molecular formula is C12H18O4S. The summed E-state index contributed by atoms with van der Waals surface area (Å²) in [5.74, 6) is 1.07. The fourth-order valence-corrected chi connectivity index (χ4v) is 2.03. The summed E-state index contributed by atoms with van der Waals surface area (Å²) in [7, 11) is -2.68. The lowest BCUT2D eigenvalue weighted by Gasteiger charge is -2.10. The first-order valence-electron chi connectivity index (χ1n) is 5.49. The molecule has 17 heavy (non-hydrogen) atoms. The van der Waals surface area contributed by atoms with Gasteiger partial charge in [0.1, 0.15) is 5.75 Å². The van der Waals surface area contributed by atoms with E-state index in [0.717, 1.165) is 18.4 Å². The van der Waals surface area contributed by atoms with Gasteiger partial charge in [0.2, 0.25) is 0 Å². The van der Waals surface area contributed by atoms with Crippen LogP contribution in [-0.2, 0) is 16.5 Å².